The van der Waals surface area contributed by atoms with Gasteiger partial charge in [-0.1, -0.05) is 34.8 Å². The molecule has 2 N–H and O–H groups in total. The quantitative estimate of drug-likeness (QED) is 0.784. The van der Waals surface area contributed by atoms with Crippen LogP contribution in [0.1, 0.15) is 15.9 Å². The summed E-state index contributed by atoms with van der Waals surface area (Å²) in [6.45, 7) is 1.56. The Balaban J connectivity index is 1.84. The van der Waals surface area contributed by atoms with E-state index in [1.807, 2.05) is 6.92 Å². The van der Waals surface area contributed by atoms with Crippen molar-refractivity contribution >= 4 is 46.6 Å². The van der Waals surface area contributed by atoms with Crippen LogP contribution in [-0.2, 0) is 4.79 Å². The third kappa shape index (κ3) is 5.03. The van der Waals surface area contributed by atoms with Gasteiger partial charge in [-0.15, -0.1) is 0 Å². The van der Waals surface area contributed by atoms with Crippen molar-refractivity contribution < 1.29 is 14.3 Å². The van der Waals surface area contributed by atoms with Crippen molar-refractivity contribution in [2.75, 3.05) is 6.61 Å². The lowest BCUT2D eigenvalue weighted by molar-refractivity contribution is -0.123. The van der Waals surface area contributed by atoms with Crippen molar-refractivity contribution in [1.82, 2.24) is 10.9 Å². The Kier molecular flexibility index (Phi) is 6.31. The molecule has 2 aromatic rings. The first-order valence-electron chi connectivity index (χ1n) is 6.80. The molecule has 0 fully saturated rings. The summed E-state index contributed by atoms with van der Waals surface area (Å²) in [5, 5.41) is 1.20. The summed E-state index contributed by atoms with van der Waals surface area (Å²) in [6, 6.07) is 9.45. The van der Waals surface area contributed by atoms with E-state index in [0.29, 0.717) is 15.8 Å². The highest BCUT2D eigenvalue weighted by atomic mass is 35.5. The third-order valence-electron chi connectivity index (χ3n) is 2.99. The number of carbonyl (C=O) groups is 2. The maximum atomic E-state index is 11.9. The lowest BCUT2D eigenvalue weighted by Crippen LogP contribution is -2.43. The van der Waals surface area contributed by atoms with Crippen LogP contribution in [0.4, 0.5) is 0 Å². The number of amides is 2. The van der Waals surface area contributed by atoms with Gasteiger partial charge in [0.15, 0.2) is 6.61 Å². The van der Waals surface area contributed by atoms with E-state index in [0.717, 1.165) is 5.56 Å². The van der Waals surface area contributed by atoms with Crippen LogP contribution in [-0.4, -0.2) is 18.4 Å². The molecule has 8 heteroatoms. The van der Waals surface area contributed by atoms with E-state index in [-0.39, 0.29) is 17.2 Å². The van der Waals surface area contributed by atoms with Gasteiger partial charge < -0.3 is 4.74 Å². The van der Waals surface area contributed by atoms with Crippen molar-refractivity contribution in [3.8, 4) is 5.75 Å². The number of rotatable bonds is 4. The second kappa shape index (κ2) is 8.24. The predicted octanol–water partition coefficient (Wildman–Crippen LogP) is 3.80. The highest BCUT2D eigenvalue weighted by Gasteiger charge is 2.12. The lowest BCUT2D eigenvalue weighted by atomic mass is 10.2. The lowest BCUT2D eigenvalue weighted by Gasteiger charge is -2.10. The van der Waals surface area contributed by atoms with Gasteiger partial charge in [0, 0.05) is 10.0 Å². The van der Waals surface area contributed by atoms with Gasteiger partial charge in [0.2, 0.25) is 0 Å². The number of benzene rings is 2. The molecule has 2 rings (SSSR count). The van der Waals surface area contributed by atoms with E-state index in [9.17, 15) is 9.59 Å². The van der Waals surface area contributed by atoms with Crippen LogP contribution in [0.2, 0.25) is 15.1 Å². The standard InChI is InChI=1S/C16H13Cl3N2O3/c1-9-6-11(3-5-13(9)18)24-8-15(22)20-21-16(23)12-4-2-10(17)7-14(12)19/h2-7H,8H2,1H3,(H,20,22)(H,21,23). The minimum absolute atomic E-state index is 0.183. The van der Waals surface area contributed by atoms with Gasteiger partial charge >= 0.3 is 0 Å². The van der Waals surface area contributed by atoms with Gasteiger partial charge in [-0.3, -0.25) is 20.4 Å². The molecule has 0 aliphatic rings. The zero-order valence-corrected chi connectivity index (χ0v) is 14.8. The Morgan fingerprint density at radius 2 is 1.75 bits per heavy atom. The molecule has 0 saturated heterocycles. The van der Waals surface area contributed by atoms with Crippen LogP contribution in [0.5, 0.6) is 5.75 Å². The monoisotopic (exact) mass is 386 g/mol. The van der Waals surface area contributed by atoms with Crippen molar-refractivity contribution in [3.63, 3.8) is 0 Å². The Bertz CT molecular complexity index is 781. The number of ether oxygens (including phenoxy) is 1. The van der Waals surface area contributed by atoms with E-state index in [2.05, 4.69) is 10.9 Å². The smallest absolute Gasteiger partial charge is 0.276 e. The maximum absolute atomic E-state index is 11.9. The van der Waals surface area contributed by atoms with Crippen LogP contribution in [0, 0.1) is 6.92 Å². The fourth-order valence-corrected chi connectivity index (χ4v) is 2.37. The molecule has 0 bridgehead atoms. The summed E-state index contributed by atoms with van der Waals surface area (Å²) < 4.78 is 5.32. The van der Waals surface area contributed by atoms with Crippen LogP contribution in [0.25, 0.3) is 0 Å². The van der Waals surface area contributed by atoms with Gasteiger partial charge in [0.25, 0.3) is 11.8 Å². The topological polar surface area (TPSA) is 67.4 Å². The van der Waals surface area contributed by atoms with Gasteiger partial charge in [-0.25, -0.2) is 0 Å². The summed E-state index contributed by atoms with van der Waals surface area (Å²) in [4.78, 5) is 23.6. The summed E-state index contributed by atoms with van der Waals surface area (Å²) in [5.74, 6) is -0.590. The molecule has 126 valence electrons. The van der Waals surface area contributed by atoms with E-state index < -0.39 is 11.8 Å². The molecule has 0 aromatic heterocycles. The maximum Gasteiger partial charge on any atom is 0.276 e. The van der Waals surface area contributed by atoms with Gasteiger partial charge in [0.1, 0.15) is 5.75 Å². The average molecular weight is 388 g/mol. The van der Waals surface area contributed by atoms with Crippen LogP contribution in [0.15, 0.2) is 36.4 Å². The molecular formula is C16H13Cl3N2O3. The molecule has 0 unspecified atom stereocenters. The molecule has 0 aliphatic heterocycles. The number of hydrogen-bond donors (Lipinski definition) is 2. The largest absolute Gasteiger partial charge is 0.484 e. The molecule has 5 nitrogen and oxygen atoms in total. The Labute approximate surface area is 153 Å². The second-order valence-electron chi connectivity index (χ2n) is 4.83. The molecule has 0 spiro atoms. The SMILES string of the molecule is Cc1cc(OCC(=O)NNC(=O)c2ccc(Cl)cc2Cl)ccc1Cl. The second-order valence-corrected chi connectivity index (χ2v) is 6.08. The number of hydrogen-bond acceptors (Lipinski definition) is 3. The number of nitrogens with one attached hydrogen (secondary N) is 2. The molecule has 0 aliphatic carbocycles. The number of halogens is 3. The van der Waals surface area contributed by atoms with E-state index in [1.165, 1.54) is 18.2 Å². The van der Waals surface area contributed by atoms with Crippen LogP contribution >= 0.6 is 34.8 Å². The first-order chi connectivity index (χ1) is 11.4. The number of hydrazine groups is 1. The number of carbonyl (C=O) groups excluding carboxylic acids is 2. The fourth-order valence-electron chi connectivity index (χ4n) is 1.76. The fraction of sp³-hybridized carbons (Fsp3) is 0.125. The van der Waals surface area contributed by atoms with Crippen LogP contribution < -0.4 is 15.6 Å². The van der Waals surface area contributed by atoms with Crippen molar-refractivity contribution in [2.24, 2.45) is 0 Å². The van der Waals surface area contributed by atoms with Crippen molar-refractivity contribution in [1.29, 1.82) is 0 Å². The zero-order chi connectivity index (χ0) is 17.7. The molecular weight excluding hydrogens is 375 g/mol. The molecule has 0 saturated carbocycles. The Hall–Kier alpha value is -1.95. The third-order valence-corrected chi connectivity index (χ3v) is 3.96. The first kappa shape index (κ1) is 18.4. The summed E-state index contributed by atoms with van der Waals surface area (Å²) in [5.41, 5.74) is 5.51. The zero-order valence-electron chi connectivity index (χ0n) is 12.5. The van der Waals surface area contributed by atoms with Crippen LogP contribution in [0.3, 0.4) is 0 Å². The van der Waals surface area contributed by atoms with Gasteiger partial charge in [-0.2, -0.15) is 0 Å². The summed E-state index contributed by atoms with van der Waals surface area (Å²) in [6.07, 6.45) is 0. The van der Waals surface area contributed by atoms with E-state index in [1.54, 1.807) is 18.2 Å². The van der Waals surface area contributed by atoms with Gasteiger partial charge in [-0.05, 0) is 48.9 Å². The minimum Gasteiger partial charge on any atom is -0.484 e. The Morgan fingerprint density at radius 1 is 1.00 bits per heavy atom. The minimum atomic E-state index is -0.563. The molecule has 0 heterocycles. The van der Waals surface area contributed by atoms with E-state index >= 15 is 0 Å². The highest BCUT2D eigenvalue weighted by Crippen LogP contribution is 2.21. The average Bonchev–Trinajstić information content (AvgIpc) is 2.53. The first-order valence-corrected chi connectivity index (χ1v) is 7.93. The van der Waals surface area contributed by atoms with Crippen molar-refractivity contribution in [3.05, 3.63) is 62.6 Å². The summed E-state index contributed by atoms with van der Waals surface area (Å²) >= 11 is 17.6. The predicted molar refractivity (Wildman–Crippen MR) is 93.8 cm³/mol. The van der Waals surface area contributed by atoms with E-state index in [4.69, 9.17) is 39.5 Å². The normalized spacial score (nSPS) is 10.2. The molecule has 2 amide bonds. The van der Waals surface area contributed by atoms with Gasteiger partial charge in [0.05, 0.1) is 10.6 Å². The molecule has 24 heavy (non-hydrogen) atoms. The Morgan fingerprint density at radius 3 is 2.42 bits per heavy atom. The molecule has 0 radical (unpaired) electrons. The molecule has 2 aromatic carbocycles. The number of aryl methyl sites for hydroxylation is 1. The summed E-state index contributed by atoms with van der Waals surface area (Å²) in [7, 11) is 0. The van der Waals surface area contributed by atoms with Crippen molar-refractivity contribution in [2.45, 2.75) is 6.92 Å². The highest BCUT2D eigenvalue weighted by molar-refractivity contribution is 6.36. The molecule has 0 atom stereocenters.